The third kappa shape index (κ3) is 6.42. The van der Waals surface area contributed by atoms with Crippen LogP contribution in [0.5, 0.6) is 0 Å². The van der Waals surface area contributed by atoms with Crippen LogP contribution in [0.1, 0.15) is 13.8 Å². The zero-order valence-corrected chi connectivity index (χ0v) is 25.1. The second-order valence-electron chi connectivity index (χ2n) is 8.53. The van der Waals surface area contributed by atoms with Gasteiger partial charge in [-0.1, -0.05) is 0 Å². The van der Waals surface area contributed by atoms with Crippen LogP contribution < -0.4 is 14.3 Å². The van der Waals surface area contributed by atoms with Gasteiger partial charge in [-0.15, -0.1) is 0 Å². The van der Waals surface area contributed by atoms with Crippen LogP contribution in [0.4, 0.5) is 29.3 Å². The number of hydrogen-bond acceptors (Lipinski definition) is 6. The highest BCUT2D eigenvalue weighted by Gasteiger charge is 2.40. The summed E-state index contributed by atoms with van der Waals surface area (Å²) in [5.74, 6) is -4.52. The zero-order valence-electron chi connectivity index (χ0n) is 20.2. The number of carboxylic acid groups (broad SMARTS) is 1. The average molecular weight is 729 g/mol. The van der Waals surface area contributed by atoms with Crippen molar-refractivity contribution in [1.82, 2.24) is 5.32 Å². The van der Waals surface area contributed by atoms with Gasteiger partial charge in [-0.2, -0.15) is 3.71 Å². The Morgan fingerprint density at radius 2 is 1.27 bits per heavy atom. The van der Waals surface area contributed by atoms with Gasteiger partial charge in [0.15, 0.2) is 0 Å². The monoisotopic (exact) mass is 727 g/mol. The zero-order chi connectivity index (χ0) is 30.2. The molecule has 0 saturated heterocycles. The Morgan fingerprint density at radius 1 is 0.800 bits per heavy atom. The van der Waals surface area contributed by atoms with Gasteiger partial charge in [-0.25, -0.2) is 34.8 Å². The predicted octanol–water partition coefficient (Wildman–Crippen LogP) is 5.20. The molecule has 0 spiro atoms. The van der Waals surface area contributed by atoms with Crippen LogP contribution in [0.15, 0.2) is 73.3 Å². The number of amides is 2. The predicted molar refractivity (Wildman–Crippen MR) is 145 cm³/mol. The van der Waals surface area contributed by atoms with Crippen LogP contribution >= 0.6 is 31.9 Å². The first-order valence-electron chi connectivity index (χ1n) is 10.7. The fourth-order valence-corrected chi connectivity index (χ4v) is 7.40. The van der Waals surface area contributed by atoms with Gasteiger partial charge < -0.3 is 15.7 Å². The van der Waals surface area contributed by atoms with Crippen molar-refractivity contribution in [3.8, 4) is 0 Å². The second-order valence-corrected chi connectivity index (χ2v) is 14.0. The lowest BCUT2D eigenvalue weighted by molar-refractivity contribution is -0.121. The summed E-state index contributed by atoms with van der Waals surface area (Å²) < 4.78 is 97.8. The maximum absolute atomic E-state index is 15.2. The molecule has 0 aliphatic carbocycles. The Balaban J connectivity index is 2.26. The van der Waals surface area contributed by atoms with Crippen LogP contribution in [0.2, 0.25) is 0 Å². The Hall–Kier alpha value is -3.15. The molecule has 3 N–H and O–H groups in total. The van der Waals surface area contributed by atoms with Gasteiger partial charge in [0, 0.05) is 5.69 Å². The number of nitrogens with one attached hydrogen (secondary N) is 2. The number of hydrogen-bond donors (Lipinski definition) is 3. The first-order valence-corrected chi connectivity index (χ1v) is 15.2. The maximum atomic E-state index is 15.2. The molecule has 0 bridgehead atoms. The second kappa shape index (κ2) is 11.4. The number of nitrogens with zero attached hydrogens (tertiary/aromatic N) is 1. The van der Waals surface area contributed by atoms with Crippen LogP contribution in [0.25, 0.3) is 0 Å². The Morgan fingerprint density at radius 3 is 1.70 bits per heavy atom. The molecule has 0 aromatic heterocycles. The summed E-state index contributed by atoms with van der Waals surface area (Å²) in [6.07, 6.45) is -1.54. The molecular weight excluding hydrogens is 711 g/mol. The van der Waals surface area contributed by atoms with E-state index in [9.17, 15) is 35.2 Å². The standard InChI is InChI=1S/C23H18Br2F3N3O7S2/c1-23(2,30-22(33)34)21(32)29-12-3-8-17(26)20(9-12)31(39(35,36)13-4-6-15(24)18(27)10-13)40(37,38)14-5-7-16(25)19(28)11-14/h3-11,30H,1-2H3,(H,29,32)(H,33,34). The summed E-state index contributed by atoms with van der Waals surface area (Å²) in [4.78, 5) is 21.9. The van der Waals surface area contributed by atoms with Gasteiger partial charge in [-0.05, 0) is 100 Å². The summed E-state index contributed by atoms with van der Waals surface area (Å²) in [6.45, 7) is 2.40. The van der Waals surface area contributed by atoms with E-state index in [-0.39, 0.29) is 18.3 Å². The molecule has 3 rings (SSSR count). The van der Waals surface area contributed by atoms with E-state index in [0.717, 1.165) is 30.3 Å². The van der Waals surface area contributed by atoms with Gasteiger partial charge in [0.1, 0.15) is 28.7 Å². The molecular formula is C23H18Br2F3N3O7S2. The fraction of sp³-hybridized carbons (Fsp3) is 0.130. The smallest absolute Gasteiger partial charge is 0.405 e. The molecule has 0 fully saturated rings. The molecule has 0 unspecified atom stereocenters. The van der Waals surface area contributed by atoms with Crippen molar-refractivity contribution in [1.29, 1.82) is 0 Å². The van der Waals surface area contributed by atoms with Gasteiger partial charge in [0.05, 0.1) is 18.7 Å². The number of carbonyl (C=O) groups is 2. The van der Waals surface area contributed by atoms with Crippen molar-refractivity contribution >= 4 is 75.3 Å². The van der Waals surface area contributed by atoms with Crippen LogP contribution in [-0.2, 0) is 24.8 Å². The van der Waals surface area contributed by atoms with Crippen LogP contribution in [0.3, 0.4) is 0 Å². The topological polar surface area (TPSA) is 150 Å². The highest BCUT2D eigenvalue weighted by molar-refractivity contribution is 9.10. The van der Waals surface area contributed by atoms with Crippen LogP contribution in [0, 0.1) is 17.5 Å². The molecule has 0 aliphatic rings. The third-order valence-corrected chi connectivity index (χ3v) is 10.6. The number of rotatable bonds is 8. The molecule has 3 aromatic carbocycles. The van der Waals surface area contributed by atoms with Gasteiger partial charge in [0.25, 0.3) is 20.0 Å². The van der Waals surface area contributed by atoms with Crippen molar-refractivity contribution in [3.63, 3.8) is 0 Å². The molecule has 0 aliphatic heterocycles. The highest BCUT2D eigenvalue weighted by Crippen LogP contribution is 2.36. The lowest BCUT2D eigenvalue weighted by Crippen LogP contribution is -2.51. The Labute approximate surface area is 243 Å². The molecule has 2 amide bonds. The number of halogens is 5. The average Bonchev–Trinajstić information content (AvgIpc) is 2.83. The largest absolute Gasteiger partial charge is 0.465 e. The number of carbonyl (C=O) groups excluding carboxylic acids is 1. The van der Waals surface area contributed by atoms with Gasteiger partial charge >= 0.3 is 6.09 Å². The quantitative estimate of drug-likeness (QED) is 0.289. The van der Waals surface area contributed by atoms with Crippen molar-refractivity contribution in [3.05, 3.63) is 81.0 Å². The van der Waals surface area contributed by atoms with Crippen molar-refractivity contribution in [2.45, 2.75) is 29.2 Å². The van der Waals surface area contributed by atoms with E-state index in [4.69, 9.17) is 5.11 Å². The van der Waals surface area contributed by atoms with Crippen molar-refractivity contribution in [2.24, 2.45) is 0 Å². The van der Waals surface area contributed by atoms with E-state index in [0.29, 0.717) is 24.3 Å². The molecule has 17 heteroatoms. The first kappa shape index (κ1) is 31.4. The summed E-state index contributed by atoms with van der Waals surface area (Å²) in [5.41, 5.74) is -3.18. The minimum Gasteiger partial charge on any atom is -0.465 e. The molecule has 3 aromatic rings. The number of anilines is 2. The Kier molecular flexibility index (Phi) is 8.93. The minimum atomic E-state index is -5.33. The van der Waals surface area contributed by atoms with Crippen molar-refractivity contribution < 1.29 is 44.7 Å². The molecule has 214 valence electrons. The van der Waals surface area contributed by atoms with E-state index >= 15 is 4.39 Å². The Bertz CT molecular complexity index is 1660. The van der Waals surface area contributed by atoms with E-state index in [1.807, 2.05) is 5.32 Å². The summed E-state index contributed by atoms with van der Waals surface area (Å²) in [7, 11) is -10.7. The third-order valence-electron chi connectivity index (χ3n) is 5.20. The van der Waals surface area contributed by atoms with E-state index in [1.165, 1.54) is 13.8 Å². The maximum Gasteiger partial charge on any atom is 0.405 e. The first-order chi connectivity index (χ1) is 18.4. The lowest BCUT2D eigenvalue weighted by atomic mass is 10.0. The van der Waals surface area contributed by atoms with Crippen molar-refractivity contribution in [2.75, 3.05) is 9.03 Å². The van der Waals surface area contributed by atoms with Crippen LogP contribution in [-0.4, -0.2) is 39.5 Å². The molecule has 0 atom stereocenters. The van der Waals surface area contributed by atoms with Gasteiger partial charge in [-0.3, -0.25) is 4.79 Å². The fourth-order valence-electron chi connectivity index (χ4n) is 3.20. The molecule has 0 heterocycles. The van der Waals surface area contributed by atoms with E-state index < -0.39 is 70.5 Å². The summed E-state index contributed by atoms with van der Waals surface area (Å²) in [5, 5.41) is 13.1. The number of benzene rings is 3. The van der Waals surface area contributed by atoms with E-state index in [1.54, 1.807) is 0 Å². The molecule has 10 nitrogen and oxygen atoms in total. The van der Waals surface area contributed by atoms with E-state index in [2.05, 4.69) is 37.2 Å². The SMILES string of the molecule is CC(C)(NC(=O)O)C(=O)Nc1ccc(F)c(N(S(=O)(=O)c2ccc(Br)c(F)c2)S(=O)(=O)c2ccc(Br)c(F)c2)c1. The molecule has 40 heavy (non-hydrogen) atoms. The van der Waals surface area contributed by atoms with Gasteiger partial charge in [0.2, 0.25) is 5.91 Å². The number of sulfonamides is 2. The lowest BCUT2D eigenvalue weighted by Gasteiger charge is -2.26. The summed E-state index contributed by atoms with van der Waals surface area (Å²) >= 11 is 5.71. The normalized spacial score (nSPS) is 12.1. The highest BCUT2D eigenvalue weighted by atomic mass is 79.9. The summed E-state index contributed by atoms with van der Waals surface area (Å²) in [6, 6.07) is 6.93. The minimum absolute atomic E-state index is 0.149. The molecule has 0 radical (unpaired) electrons. The molecule has 0 saturated carbocycles.